The average Bonchev–Trinajstić information content (AvgIpc) is 2.58. The van der Waals surface area contributed by atoms with Gasteiger partial charge >= 0.3 is 6.03 Å². The number of aromatic nitrogens is 1. The standard InChI is InChI=1S/C17H20N4O2/c1-13-2-7-16(18-12-13)20-8-10-21(11-9-20)17(23)19-14-3-5-15(22)6-4-14/h2-7,12,22H,8-11H2,1H3,(H,19,23). The number of piperazine rings is 1. The van der Waals surface area contributed by atoms with Gasteiger partial charge in [0.05, 0.1) is 0 Å². The summed E-state index contributed by atoms with van der Waals surface area (Å²) in [7, 11) is 0. The lowest BCUT2D eigenvalue weighted by Gasteiger charge is -2.35. The molecule has 2 amide bonds. The lowest BCUT2D eigenvalue weighted by molar-refractivity contribution is 0.208. The number of pyridine rings is 1. The van der Waals surface area contributed by atoms with E-state index in [1.807, 2.05) is 25.3 Å². The lowest BCUT2D eigenvalue weighted by atomic mass is 10.2. The van der Waals surface area contributed by atoms with Crippen molar-refractivity contribution in [1.29, 1.82) is 0 Å². The molecule has 3 rings (SSSR count). The van der Waals surface area contributed by atoms with Crippen LogP contribution in [0.1, 0.15) is 5.56 Å². The third kappa shape index (κ3) is 3.71. The summed E-state index contributed by atoms with van der Waals surface area (Å²) in [6.07, 6.45) is 1.86. The average molecular weight is 312 g/mol. The zero-order valence-electron chi connectivity index (χ0n) is 13.1. The first kappa shape index (κ1) is 15.1. The maximum absolute atomic E-state index is 12.3. The van der Waals surface area contributed by atoms with E-state index in [1.54, 1.807) is 29.2 Å². The number of rotatable bonds is 2. The minimum atomic E-state index is -0.118. The Labute approximate surface area is 135 Å². The number of hydrogen-bond acceptors (Lipinski definition) is 4. The molecule has 0 aliphatic carbocycles. The van der Waals surface area contributed by atoms with Crippen LogP contribution in [0.15, 0.2) is 42.6 Å². The molecule has 2 N–H and O–H groups in total. The first-order valence-corrected chi connectivity index (χ1v) is 7.64. The largest absolute Gasteiger partial charge is 0.508 e. The van der Waals surface area contributed by atoms with Crippen LogP contribution >= 0.6 is 0 Å². The molecule has 1 saturated heterocycles. The molecule has 23 heavy (non-hydrogen) atoms. The Hall–Kier alpha value is -2.76. The number of hydrogen-bond donors (Lipinski definition) is 2. The molecule has 1 aromatic carbocycles. The van der Waals surface area contributed by atoms with Crippen molar-refractivity contribution in [3.63, 3.8) is 0 Å². The summed E-state index contributed by atoms with van der Waals surface area (Å²) in [6, 6.07) is 10.4. The van der Waals surface area contributed by atoms with Crippen molar-refractivity contribution in [2.24, 2.45) is 0 Å². The second-order valence-corrected chi connectivity index (χ2v) is 5.64. The molecule has 2 heterocycles. The summed E-state index contributed by atoms with van der Waals surface area (Å²) in [6.45, 7) is 4.85. The van der Waals surface area contributed by atoms with Crippen molar-refractivity contribution < 1.29 is 9.90 Å². The highest BCUT2D eigenvalue weighted by molar-refractivity contribution is 5.89. The maximum Gasteiger partial charge on any atom is 0.321 e. The van der Waals surface area contributed by atoms with E-state index in [-0.39, 0.29) is 11.8 Å². The highest BCUT2D eigenvalue weighted by atomic mass is 16.3. The molecule has 0 radical (unpaired) electrons. The van der Waals surface area contributed by atoms with Gasteiger partial charge in [0.15, 0.2) is 0 Å². The first-order valence-electron chi connectivity index (χ1n) is 7.64. The minimum Gasteiger partial charge on any atom is -0.508 e. The Balaban J connectivity index is 1.54. The molecule has 1 aliphatic rings. The molecule has 1 aliphatic heterocycles. The molecular weight excluding hydrogens is 292 g/mol. The van der Waals surface area contributed by atoms with Crippen molar-refractivity contribution in [1.82, 2.24) is 9.88 Å². The summed E-state index contributed by atoms with van der Waals surface area (Å²) in [5.74, 6) is 1.14. The molecule has 120 valence electrons. The van der Waals surface area contributed by atoms with E-state index in [2.05, 4.69) is 15.2 Å². The fourth-order valence-corrected chi connectivity index (χ4v) is 2.53. The number of anilines is 2. The fourth-order valence-electron chi connectivity index (χ4n) is 2.53. The number of aryl methyl sites for hydroxylation is 1. The van der Waals surface area contributed by atoms with Crippen molar-refractivity contribution in [2.45, 2.75) is 6.92 Å². The number of nitrogens with zero attached hydrogens (tertiary/aromatic N) is 3. The maximum atomic E-state index is 12.3. The molecule has 0 saturated carbocycles. The molecule has 1 aromatic heterocycles. The quantitative estimate of drug-likeness (QED) is 0.836. The zero-order valence-corrected chi connectivity index (χ0v) is 13.1. The third-order valence-electron chi connectivity index (χ3n) is 3.91. The summed E-state index contributed by atoms with van der Waals surface area (Å²) in [4.78, 5) is 20.7. The molecule has 0 atom stereocenters. The number of carbonyl (C=O) groups is 1. The molecule has 1 fully saturated rings. The van der Waals surface area contributed by atoms with E-state index < -0.39 is 0 Å². The molecule has 2 aromatic rings. The predicted octanol–water partition coefficient (Wildman–Crippen LogP) is 2.45. The molecular formula is C17H20N4O2. The zero-order chi connectivity index (χ0) is 16.2. The van der Waals surface area contributed by atoms with Gasteiger partial charge in [-0.2, -0.15) is 0 Å². The van der Waals surface area contributed by atoms with Gasteiger partial charge in [-0.25, -0.2) is 9.78 Å². The van der Waals surface area contributed by atoms with E-state index >= 15 is 0 Å². The smallest absolute Gasteiger partial charge is 0.321 e. The van der Waals surface area contributed by atoms with Gasteiger partial charge in [0.25, 0.3) is 0 Å². The van der Waals surface area contributed by atoms with E-state index in [4.69, 9.17) is 0 Å². The van der Waals surface area contributed by atoms with Gasteiger partial charge in [-0.3, -0.25) is 0 Å². The van der Waals surface area contributed by atoms with Crippen LogP contribution in [0.25, 0.3) is 0 Å². The van der Waals surface area contributed by atoms with Crippen LogP contribution in [-0.4, -0.2) is 47.2 Å². The predicted molar refractivity (Wildman–Crippen MR) is 89.9 cm³/mol. The fraction of sp³-hybridized carbons (Fsp3) is 0.294. The Morgan fingerprint density at radius 3 is 2.39 bits per heavy atom. The summed E-state index contributed by atoms with van der Waals surface area (Å²) >= 11 is 0. The van der Waals surface area contributed by atoms with Crippen molar-refractivity contribution in [2.75, 3.05) is 36.4 Å². The van der Waals surface area contributed by atoms with Gasteiger partial charge in [0.1, 0.15) is 11.6 Å². The van der Waals surface area contributed by atoms with Gasteiger partial charge in [-0.05, 0) is 42.8 Å². The third-order valence-corrected chi connectivity index (χ3v) is 3.91. The van der Waals surface area contributed by atoms with Gasteiger partial charge < -0.3 is 20.2 Å². The second kappa shape index (κ2) is 6.56. The molecule has 6 nitrogen and oxygen atoms in total. The summed E-state index contributed by atoms with van der Waals surface area (Å²) in [5.41, 5.74) is 1.82. The van der Waals surface area contributed by atoms with Crippen LogP contribution in [0.2, 0.25) is 0 Å². The van der Waals surface area contributed by atoms with E-state index in [9.17, 15) is 9.90 Å². The van der Waals surface area contributed by atoms with Crippen LogP contribution in [0.3, 0.4) is 0 Å². The Morgan fingerprint density at radius 2 is 1.78 bits per heavy atom. The molecule has 0 bridgehead atoms. The molecule has 0 spiro atoms. The van der Waals surface area contributed by atoms with Gasteiger partial charge in [-0.15, -0.1) is 0 Å². The van der Waals surface area contributed by atoms with E-state index in [0.29, 0.717) is 18.8 Å². The Kier molecular flexibility index (Phi) is 4.32. The van der Waals surface area contributed by atoms with Crippen molar-refractivity contribution >= 4 is 17.5 Å². The Morgan fingerprint density at radius 1 is 1.09 bits per heavy atom. The minimum absolute atomic E-state index is 0.118. The number of nitrogens with one attached hydrogen (secondary N) is 1. The number of urea groups is 1. The van der Waals surface area contributed by atoms with Crippen molar-refractivity contribution in [3.05, 3.63) is 48.2 Å². The summed E-state index contributed by atoms with van der Waals surface area (Å²) in [5, 5.41) is 12.1. The van der Waals surface area contributed by atoms with Crippen LogP contribution in [0, 0.1) is 6.92 Å². The second-order valence-electron chi connectivity index (χ2n) is 5.64. The van der Waals surface area contributed by atoms with Gasteiger partial charge in [0.2, 0.25) is 0 Å². The van der Waals surface area contributed by atoms with E-state index in [1.165, 1.54) is 0 Å². The monoisotopic (exact) mass is 312 g/mol. The Bertz CT molecular complexity index is 662. The highest BCUT2D eigenvalue weighted by Crippen LogP contribution is 2.16. The topological polar surface area (TPSA) is 68.7 Å². The number of phenols is 1. The normalized spacial score (nSPS) is 14.7. The van der Waals surface area contributed by atoms with Crippen LogP contribution in [-0.2, 0) is 0 Å². The van der Waals surface area contributed by atoms with Crippen LogP contribution in [0.4, 0.5) is 16.3 Å². The summed E-state index contributed by atoms with van der Waals surface area (Å²) < 4.78 is 0. The number of amides is 2. The molecule has 6 heteroatoms. The number of benzene rings is 1. The first-order chi connectivity index (χ1) is 11.1. The highest BCUT2D eigenvalue weighted by Gasteiger charge is 2.21. The van der Waals surface area contributed by atoms with Crippen LogP contribution < -0.4 is 10.2 Å². The van der Waals surface area contributed by atoms with Crippen molar-refractivity contribution in [3.8, 4) is 5.75 Å². The molecule has 0 unspecified atom stereocenters. The van der Waals surface area contributed by atoms with Gasteiger partial charge in [0, 0.05) is 38.1 Å². The SMILES string of the molecule is Cc1ccc(N2CCN(C(=O)Nc3ccc(O)cc3)CC2)nc1. The van der Waals surface area contributed by atoms with Crippen LogP contribution in [0.5, 0.6) is 5.75 Å². The number of carbonyl (C=O) groups excluding carboxylic acids is 1. The van der Waals surface area contributed by atoms with E-state index in [0.717, 1.165) is 24.5 Å². The van der Waals surface area contributed by atoms with Gasteiger partial charge in [-0.1, -0.05) is 6.07 Å². The lowest BCUT2D eigenvalue weighted by Crippen LogP contribution is -2.50. The number of phenolic OH excluding ortho intramolecular Hbond substituents is 1. The number of aromatic hydroxyl groups is 1.